The first-order valence-electron chi connectivity index (χ1n) is 9.05. The number of amides is 1. The van der Waals surface area contributed by atoms with E-state index in [1.807, 2.05) is 58.6 Å². The Kier molecular flexibility index (Phi) is 5.96. The fourth-order valence-corrected chi connectivity index (χ4v) is 4.06. The minimum atomic E-state index is -0.0693. The van der Waals surface area contributed by atoms with Gasteiger partial charge in [0.15, 0.2) is 5.16 Å². The van der Waals surface area contributed by atoms with E-state index in [1.54, 1.807) is 0 Å². The van der Waals surface area contributed by atoms with Gasteiger partial charge in [0.2, 0.25) is 5.91 Å². The van der Waals surface area contributed by atoms with Crippen molar-refractivity contribution in [3.63, 3.8) is 0 Å². The molecule has 3 heterocycles. The number of thioether (sulfide) groups is 1. The van der Waals surface area contributed by atoms with Gasteiger partial charge in [-0.25, -0.2) is 4.98 Å². The van der Waals surface area contributed by atoms with Crippen molar-refractivity contribution in [1.29, 1.82) is 0 Å². The summed E-state index contributed by atoms with van der Waals surface area (Å²) in [6.45, 7) is 2.98. The number of fused-ring (bicyclic) bond motifs is 1. The molecule has 9 heteroatoms. The normalized spacial score (nSPS) is 11.1. The van der Waals surface area contributed by atoms with Crippen LogP contribution in [0.3, 0.4) is 0 Å². The Bertz CT molecular complexity index is 1140. The summed E-state index contributed by atoms with van der Waals surface area (Å²) >= 11 is 4.82. The van der Waals surface area contributed by atoms with Gasteiger partial charge in [0, 0.05) is 16.9 Å². The van der Waals surface area contributed by atoms with Crippen LogP contribution >= 0.6 is 27.7 Å². The number of hydrogen-bond donors (Lipinski definition) is 1. The summed E-state index contributed by atoms with van der Waals surface area (Å²) in [6, 6.07) is 14.0. The summed E-state index contributed by atoms with van der Waals surface area (Å²) in [7, 11) is 0. The zero-order valence-corrected chi connectivity index (χ0v) is 18.2. The third-order valence-corrected chi connectivity index (χ3v) is 5.79. The van der Waals surface area contributed by atoms with Crippen molar-refractivity contribution < 1.29 is 4.79 Å². The maximum atomic E-state index is 12.3. The maximum Gasteiger partial charge on any atom is 0.230 e. The van der Waals surface area contributed by atoms with Crippen LogP contribution in [0.4, 0.5) is 0 Å². The molecule has 4 rings (SSSR count). The monoisotopic (exact) mass is 470 g/mol. The zero-order chi connectivity index (χ0) is 20.2. The topological polar surface area (TPSA) is 77.1 Å². The lowest BCUT2D eigenvalue weighted by Gasteiger charge is -2.08. The van der Waals surface area contributed by atoms with Crippen molar-refractivity contribution >= 4 is 39.2 Å². The van der Waals surface area contributed by atoms with Crippen molar-refractivity contribution in [3.8, 4) is 0 Å². The smallest absolute Gasteiger partial charge is 0.230 e. The largest absolute Gasteiger partial charge is 0.350 e. The van der Waals surface area contributed by atoms with Crippen LogP contribution in [-0.2, 0) is 17.9 Å². The molecule has 29 heavy (non-hydrogen) atoms. The van der Waals surface area contributed by atoms with Gasteiger partial charge in [-0.2, -0.15) is 0 Å². The summed E-state index contributed by atoms with van der Waals surface area (Å²) in [5.74, 6) is 1.03. The molecular formula is C20H19BrN6OS. The number of rotatable bonds is 7. The molecule has 0 spiro atoms. The van der Waals surface area contributed by atoms with Gasteiger partial charge in [-0.15, -0.1) is 10.2 Å². The summed E-state index contributed by atoms with van der Waals surface area (Å²) in [5, 5.41) is 12.0. The van der Waals surface area contributed by atoms with Crippen LogP contribution in [0.25, 0.3) is 5.65 Å². The molecule has 1 aromatic carbocycles. The van der Waals surface area contributed by atoms with Crippen molar-refractivity contribution in [3.05, 3.63) is 76.4 Å². The molecule has 0 radical (unpaired) electrons. The number of benzene rings is 1. The molecule has 0 saturated carbocycles. The van der Waals surface area contributed by atoms with E-state index in [9.17, 15) is 4.79 Å². The number of hydrogen-bond acceptors (Lipinski definition) is 5. The molecule has 0 aliphatic rings. The minimum Gasteiger partial charge on any atom is -0.350 e. The molecule has 0 aliphatic carbocycles. The van der Waals surface area contributed by atoms with E-state index < -0.39 is 0 Å². The number of aryl methyl sites for hydroxylation is 1. The predicted molar refractivity (Wildman–Crippen MR) is 116 cm³/mol. The van der Waals surface area contributed by atoms with E-state index in [-0.39, 0.29) is 11.7 Å². The van der Waals surface area contributed by atoms with E-state index >= 15 is 0 Å². The van der Waals surface area contributed by atoms with Crippen LogP contribution in [0, 0.1) is 6.92 Å². The predicted octanol–water partition coefficient (Wildman–Crippen LogP) is 3.45. The second kappa shape index (κ2) is 8.79. The highest BCUT2D eigenvalue weighted by atomic mass is 79.9. The highest BCUT2D eigenvalue weighted by molar-refractivity contribution is 9.10. The number of imidazole rings is 1. The first kappa shape index (κ1) is 19.7. The molecule has 0 saturated heterocycles. The third kappa shape index (κ3) is 4.86. The molecule has 0 fully saturated rings. The quantitative estimate of drug-likeness (QED) is 0.418. The third-order valence-electron chi connectivity index (χ3n) is 4.35. The first-order chi connectivity index (χ1) is 14.1. The van der Waals surface area contributed by atoms with Gasteiger partial charge in [-0.05, 0) is 40.5 Å². The lowest BCUT2D eigenvalue weighted by molar-refractivity contribution is -0.118. The van der Waals surface area contributed by atoms with Gasteiger partial charge in [-0.3, -0.25) is 4.79 Å². The average Bonchev–Trinajstić information content (AvgIpc) is 3.28. The Balaban J connectivity index is 1.33. The molecular weight excluding hydrogens is 452 g/mol. The lowest BCUT2D eigenvalue weighted by atomic mass is 10.2. The molecule has 0 atom stereocenters. The van der Waals surface area contributed by atoms with Crippen LogP contribution in [0.2, 0.25) is 0 Å². The van der Waals surface area contributed by atoms with E-state index in [0.717, 1.165) is 26.8 Å². The Morgan fingerprint density at radius 2 is 1.97 bits per heavy atom. The first-order valence-corrected chi connectivity index (χ1v) is 10.8. The molecule has 3 aromatic heterocycles. The van der Waals surface area contributed by atoms with Crippen LogP contribution in [0.15, 0.2) is 64.5 Å². The maximum absolute atomic E-state index is 12.3. The van der Waals surface area contributed by atoms with Crippen molar-refractivity contribution in [2.24, 2.45) is 0 Å². The van der Waals surface area contributed by atoms with Gasteiger partial charge in [0.1, 0.15) is 11.5 Å². The standard InChI is InChI=1S/C20H19BrN6OS/c1-14-24-25-20(27(14)10-15-5-3-2-4-6-15)29-13-19(28)22-9-17-12-26-11-16(21)7-8-18(26)23-17/h2-8,11-12H,9-10,13H2,1H3,(H,22,28). The van der Waals surface area contributed by atoms with Gasteiger partial charge < -0.3 is 14.3 Å². The number of halogens is 1. The molecule has 148 valence electrons. The number of carbonyl (C=O) groups excluding carboxylic acids is 1. The van der Waals surface area contributed by atoms with Crippen LogP contribution in [-0.4, -0.2) is 35.8 Å². The summed E-state index contributed by atoms with van der Waals surface area (Å²) in [4.78, 5) is 16.8. The fourth-order valence-electron chi connectivity index (χ4n) is 2.89. The van der Waals surface area contributed by atoms with E-state index in [2.05, 4.69) is 48.6 Å². The zero-order valence-electron chi connectivity index (χ0n) is 15.7. The Hall–Kier alpha value is -2.65. The van der Waals surface area contributed by atoms with Gasteiger partial charge >= 0.3 is 0 Å². The Morgan fingerprint density at radius 1 is 1.14 bits per heavy atom. The molecule has 0 bridgehead atoms. The highest BCUT2D eigenvalue weighted by Gasteiger charge is 2.12. The SMILES string of the molecule is Cc1nnc(SCC(=O)NCc2cn3cc(Br)ccc3n2)n1Cc1ccccc1. The van der Waals surface area contributed by atoms with Crippen molar-refractivity contribution in [2.45, 2.75) is 25.2 Å². The molecule has 1 N–H and O–H groups in total. The second-order valence-electron chi connectivity index (χ2n) is 6.51. The van der Waals surface area contributed by atoms with E-state index in [4.69, 9.17) is 0 Å². The Morgan fingerprint density at radius 3 is 2.79 bits per heavy atom. The minimum absolute atomic E-state index is 0.0693. The second-order valence-corrected chi connectivity index (χ2v) is 8.37. The van der Waals surface area contributed by atoms with Crippen LogP contribution in [0.5, 0.6) is 0 Å². The number of pyridine rings is 1. The van der Waals surface area contributed by atoms with Crippen LogP contribution in [0.1, 0.15) is 17.1 Å². The van der Waals surface area contributed by atoms with Gasteiger partial charge in [0.05, 0.1) is 24.5 Å². The molecule has 0 unspecified atom stereocenters. The van der Waals surface area contributed by atoms with E-state index in [0.29, 0.717) is 13.1 Å². The number of nitrogens with zero attached hydrogens (tertiary/aromatic N) is 5. The van der Waals surface area contributed by atoms with Crippen LogP contribution < -0.4 is 5.32 Å². The summed E-state index contributed by atoms with van der Waals surface area (Å²) in [5.41, 5.74) is 2.82. The fraction of sp³-hybridized carbons (Fsp3) is 0.200. The van der Waals surface area contributed by atoms with Crippen molar-refractivity contribution in [1.82, 2.24) is 29.5 Å². The van der Waals surface area contributed by atoms with Crippen molar-refractivity contribution in [2.75, 3.05) is 5.75 Å². The number of carbonyl (C=O) groups is 1. The van der Waals surface area contributed by atoms with Gasteiger partial charge in [0.25, 0.3) is 0 Å². The molecule has 0 aliphatic heterocycles. The molecule has 1 amide bonds. The molecule has 4 aromatic rings. The lowest BCUT2D eigenvalue weighted by Crippen LogP contribution is -2.25. The summed E-state index contributed by atoms with van der Waals surface area (Å²) < 4.78 is 4.92. The highest BCUT2D eigenvalue weighted by Crippen LogP contribution is 2.18. The van der Waals surface area contributed by atoms with E-state index in [1.165, 1.54) is 17.3 Å². The summed E-state index contributed by atoms with van der Waals surface area (Å²) in [6.07, 6.45) is 3.85. The Labute approximate surface area is 180 Å². The number of nitrogens with one attached hydrogen (secondary N) is 1. The van der Waals surface area contributed by atoms with Gasteiger partial charge in [-0.1, -0.05) is 42.1 Å². The average molecular weight is 471 g/mol. The number of aromatic nitrogens is 5. The molecule has 7 nitrogen and oxygen atoms in total.